The Balaban J connectivity index is 3.08. The normalized spacial score (nSPS) is 13.0. The maximum Gasteiger partial charge on any atom is 0.459 e. The van der Waals surface area contributed by atoms with Crippen LogP contribution in [-0.4, -0.2) is 16.4 Å². The lowest BCUT2D eigenvalue weighted by Gasteiger charge is -2.17. The molecule has 0 aliphatic carbocycles. The van der Waals surface area contributed by atoms with Crippen LogP contribution in [0.2, 0.25) is 0 Å². The van der Waals surface area contributed by atoms with Crippen LogP contribution in [0.15, 0.2) is 12.3 Å². The van der Waals surface area contributed by atoms with E-state index in [1.165, 1.54) is 0 Å². The zero-order chi connectivity index (χ0) is 10.1. The van der Waals surface area contributed by atoms with Crippen molar-refractivity contribution in [3.05, 3.63) is 24.0 Å². The van der Waals surface area contributed by atoms with Crippen molar-refractivity contribution in [1.82, 2.24) is 10.2 Å². The van der Waals surface area contributed by atoms with E-state index in [9.17, 15) is 22.0 Å². The number of rotatable bonds is 1. The molecule has 1 aromatic heterocycles. The molecule has 0 spiro atoms. The summed E-state index contributed by atoms with van der Waals surface area (Å²) in [6.45, 7) is 0. The Morgan fingerprint density at radius 3 is 2.15 bits per heavy atom. The van der Waals surface area contributed by atoms with Crippen molar-refractivity contribution in [1.29, 1.82) is 0 Å². The molecular formula is C6H2F5N2. The molecule has 1 heterocycles. The third kappa shape index (κ3) is 1.73. The summed E-state index contributed by atoms with van der Waals surface area (Å²) >= 11 is 0. The van der Waals surface area contributed by atoms with E-state index in [1.807, 2.05) is 0 Å². The van der Waals surface area contributed by atoms with Crippen LogP contribution in [0.3, 0.4) is 0 Å². The first-order chi connectivity index (χ1) is 5.86. The van der Waals surface area contributed by atoms with Gasteiger partial charge in [-0.3, -0.25) is 0 Å². The van der Waals surface area contributed by atoms with Crippen LogP contribution in [0.1, 0.15) is 5.69 Å². The molecule has 0 aromatic carbocycles. The molecule has 0 aliphatic heterocycles. The van der Waals surface area contributed by atoms with Gasteiger partial charge in [-0.05, 0) is 6.07 Å². The first-order valence-corrected chi connectivity index (χ1v) is 3.00. The molecule has 0 aliphatic rings. The van der Waals surface area contributed by atoms with Gasteiger partial charge in [0, 0.05) is 6.07 Å². The van der Waals surface area contributed by atoms with Crippen molar-refractivity contribution in [2.45, 2.75) is 12.1 Å². The monoisotopic (exact) mass is 197 g/mol. The van der Waals surface area contributed by atoms with Gasteiger partial charge in [0.2, 0.25) is 0 Å². The maximum absolute atomic E-state index is 12.4. The van der Waals surface area contributed by atoms with Crippen LogP contribution in [0.5, 0.6) is 0 Å². The van der Waals surface area contributed by atoms with E-state index in [4.69, 9.17) is 0 Å². The highest BCUT2D eigenvalue weighted by molar-refractivity contribution is 5.07. The lowest BCUT2D eigenvalue weighted by atomic mass is 10.2. The van der Waals surface area contributed by atoms with Crippen molar-refractivity contribution in [3.8, 4) is 0 Å². The zero-order valence-electron chi connectivity index (χ0n) is 5.94. The molecule has 0 saturated heterocycles. The van der Waals surface area contributed by atoms with Gasteiger partial charge in [-0.15, -0.1) is 5.10 Å². The SMILES string of the molecule is FC(F)(F)C(F)(F)c1[c]ccnn1. The molecule has 0 amide bonds. The second-order valence-corrected chi connectivity index (χ2v) is 2.10. The third-order valence-electron chi connectivity index (χ3n) is 1.17. The summed E-state index contributed by atoms with van der Waals surface area (Å²) in [6.07, 6.45) is -4.71. The summed E-state index contributed by atoms with van der Waals surface area (Å²) in [5.74, 6) is -5.00. The molecule has 71 valence electrons. The lowest BCUT2D eigenvalue weighted by molar-refractivity contribution is -0.291. The van der Waals surface area contributed by atoms with Gasteiger partial charge >= 0.3 is 12.1 Å². The van der Waals surface area contributed by atoms with Gasteiger partial charge in [0.1, 0.15) is 5.69 Å². The first kappa shape index (κ1) is 9.82. The molecular weight excluding hydrogens is 195 g/mol. The number of nitrogens with zero attached hydrogens (tertiary/aromatic N) is 2. The molecule has 0 unspecified atom stereocenters. The van der Waals surface area contributed by atoms with Gasteiger partial charge < -0.3 is 0 Å². The summed E-state index contributed by atoms with van der Waals surface area (Å²) in [5.41, 5.74) is -1.53. The van der Waals surface area contributed by atoms with Crippen molar-refractivity contribution in [2.24, 2.45) is 0 Å². The second kappa shape index (κ2) is 2.90. The largest absolute Gasteiger partial charge is 0.459 e. The predicted octanol–water partition coefficient (Wildman–Crippen LogP) is 1.93. The summed E-state index contributed by atoms with van der Waals surface area (Å²) in [7, 11) is 0. The Morgan fingerprint density at radius 2 is 1.77 bits per heavy atom. The van der Waals surface area contributed by atoms with Gasteiger partial charge in [0.05, 0.1) is 6.20 Å². The molecule has 0 saturated carbocycles. The molecule has 7 heteroatoms. The fourth-order valence-electron chi connectivity index (χ4n) is 0.557. The molecule has 1 rings (SSSR count). The molecule has 2 nitrogen and oxygen atoms in total. The van der Waals surface area contributed by atoms with Crippen LogP contribution < -0.4 is 0 Å². The Labute approximate surface area is 69.4 Å². The Bertz CT molecular complexity index is 281. The first-order valence-electron chi connectivity index (χ1n) is 3.00. The summed E-state index contributed by atoms with van der Waals surface area (Å²) in [4.78, 5) is 0. The topological polar surface area (TPSA) is 25.8 Å². The van der Waals surface area contributed by atoms with E-state index < -0.39 is 17.8 Å². The highest BCUT2D eigenvalue weighted by Crippen LogP contribution is 2.42. The van der Waals surface area contributed by atoms with Crippen LogP contribution >= 0.6 is 0 Å². The summed E-state index contributed by atoms with van der Waals surface area (Å²) in [6, 6.07) is 2.51. The number of halogens is 5. The van der Waals surface area contributed by atoms with E-state index in [0.717, 1.165) is 12.3 Å². The van der Waals surface area contributed by atoms with Crippen molar-refractivity contribution < 1.29 is 22.0 Å². The molecule has 1 radical (unpaired) electrons. The maximum atomic E-state index is 12.4. The minimum Gasteiger partial charge on any atom is -0.189 e. The van der Waals surface area contributed by atoms with E-state index in [0.29, 0.717) is 0 Å². The lowest BCUT2D eigenvalue weighted by Crippen LogP contribution is -2.34. The molecule has 0 N–H and O–H groups in total. The molecule has 0 fully saturated rings. The quantitative estimate of drug-likeness (QED) is 0.643. The number of aromatic nitrogens is 2. The minimum absolute atomic E-state index is 0.835. The average Bonchev–Trinajstić information content (AvgIpc) is 2.04. The zero-order valence-corrected chi connectivity index (χ0v) is 5.94. The highest BCUT2D eigenvalue weighted by Gasteiger charge is 2.60. The van der Waals surface area contributed by atoms with Gasteiger partial charge in [0.15, 0.2) is 0 Å². The fraction of sp³-hybridized carbons (Fsp3) is 0.333. The van der Waals surface area contributed by atoms with Gasteiger partial charge in [-0.25, -0.2) is 0 Å². The Kier molecular flexibility index (Phi) is 2.19. The van der Waals surface area contributed by atoms with Crippen LogP contribution in [0, 0.1) is 6.07 Å². The Morgan fingerprint density at radius 1 is 1.15 bits per heavy atom. The predicted molar refractivity (Wildman–Crippen MR) is 30.8 cm³/mol. The summed E-state index contributed by atoms with van der Waals surface area (Å²) < 4.78 is 59.9. The fourth-order valence-corrected chi connectivity index (χ4v) is 0.557. The average molecular weight is 197 g/mol. The van der Waals surface area contributed by atoms with Crippen LogP contribution in [0.4, 0.5) is 22.0 Å². The number of hydrogen-bond acceptors (Lipinski definition) is 2. The van der Waals surface area contributed by atoms with E-state index in [-0.39, 0.29) is 0 Å². The number of alkyl halides is 5. The molecule has 0 atom stereocenters. The van der Waals surface area contributed by atoms with Crippen molar-refractivity contribution in [3.63, 3.8) is 0 Å². The summed E-state index contributed by atoms with van der Waals surface area (Å²) in [5, 5.41) is 5.54. The smallest absolute Gasteiger partial charge is 0.189 e. The van der Waals surface area contributed by atoms with Gasteiger partial charge in [0.25, 0.3) is 0 Å². The Hall–Kier alpha value is -1.27. The standard InChI is InChI=1S/C6H2F5N2/c7-5(8,6(9,10)11)4-2-1-3-12-13-4/h1,3H. The minimum atomic E-state index is -5.67. The van der Waals surface area contributed by atoms with Gasteiger partial charge in [-0.2, -0.15) is 27.1 Å². The number of hydrogen-bond donors (Lipinski definition) is 0. The van der Waals surface area contributed by atoms with E-state index in [2.05, 4.69) is 10.2 Å². The van der Waals surface area contributed by atoms with Crippen molar-refractivity contribution in [2.75, 3.05) is 0 Å². The molecule has 13 heavy (non-hydrogen) atoms. The molecule has 0 bridgehead atoms. The van der Waals surface area contributed by atoms with Crippen molar-refractivity contribution >= 4 is 0 Å². The highest BCUT2D eigenvalue weighted by atomic mass is 19.4. The van der Waals surface area contributed by atoms with E-state index >= 15 is 0 Å². The molecule has 1 aromatic rings. The van der Waals surface area contributed by atoms with Crippen LogP contribution in [-0.2, 0) is 5.92 Å². The van der Waals surface area contributed by atoms with Crippen LogP contribution in [0.25, 0.3) is 0 Å². The second-order valence-electron chi connectivity index (χ2n) is 2.10. The van der Waals surface area contributed by atoms with Gasteiger partial charge in [-0.1, -0.05) is 0 Å². The third-order valence-corrected chi connectivity index (χ3v) is 1.17. The van der Waals surface area contributed by atoms with E-state index in [1.54, 1.807) is 6.07 Å².